The van der Waals surface area contributed by atoms with Crippen molar-refractivity contribution in [2.75, 3.05) is 32.7 Å². The van der Waals surface area contributed by atoms with Crippen molar-refractivity contribution in [2.24, 2.45) is 5.92 Å². The second-order valence-corrected chi connectivity index (χ2v) is 7.04. The molecule has 0 aliphatic carbocycles. The van der Waals surface area contributed by atoms with Crippen molar-refractivity contribution in [1.82, 2.24) is 10.2 Å². The number of nitrogens with zero attached hydrogens (tertiary/aromatic N) is 1. The normalized spacial score (nSPS) is 26.3. The van der Waals surface area contributed by atoms with Crippen LogP contribution in [0, 0.1) is 5.92 Å². The molecule has 1 N–H and O–H groups in total. The maximum Gasteiger partial charge on any atom is 0.0960 e. The number of nitrogens with one attached hydrogen (secondary N) is 1. The van der Waals surface area contributed by atoms with Crippen LogP contribution in [0.5, 0.6) is 0 Å². The smallest absolute Gasteiger partial charge is 0.0960 e. The fraction of sp³-hybridized carbons (Fsp3) is 0.667. The van der Waals surface area contributed by atoms with E-state index in [1.165, 1.54) is 12.1 Å². The lowest BCUT2D eigenvalue weighted by Gasteiger charge is -2.49. The number of piperidine rings is 1. The molecule has 2 heterocycles. The molecule has 116 valence electrons. The molecule has 1 atom stereocenters. The van der Waals surface area contributed by atoms with Crippen molar-refractivity contribution in [3.05, 3.63) is 35.9 Å². The molecule has 1 spiro atoms. The van der Waals surface area contributed by atoms with Crippen LogP contribution < -0.4 is 5.32 Å². The zero-order valence-corrected chi connectivity index (χ0v) is 13.3. The second kappa shape index (κ2) is 6.47. The van der Waals surface area contributed by atoms with Crippen molar-refractivity contribution < 1.29 is 4.74 Å². The summed E-state index contributed by atoms with van der Waals surface area (Å²) in [7, 11) is 0. The number of morpholine rings is 1. The van der Waals surface area contributed by atoms with Gasteiger partial charge in [0, 0.05) is 19.6 Å². The summed E-state index contributed by atoms with van der Waals surface area (Å²) >= 11 is 0. The Hall–Kier alpha value is -0.900. The molecule has 0 amide bonds. The van der Waals surface area contributed by atoms with Crippen molar-refractivity contribution >= 4 is 0 Å². The Bertz CT molecular complexity index is 440. The highest BCUT2D eigenvalue weighted by molar-refractivity contribution is 5.19. The van der Waals surface area contributed by atoms with Gasteiger partial charge in [-0.1, -0.05) is 44.2 Å². The predicted molar refractivity (Wildman–Crippen MR) is 86.4 cm³/mol. The summed E-state index contributed by atoms with van der Waals surface area (Å²) in [4.78, 5) is 2.62. The molecular formula is C18H28N2O. The maximum atomic E-state index is 6.63. The Balaban J connectivity index is 1.80. The molecule has 3 heteroatoms. The molecule has 1 aromatic rings. The van der Waals surface area contributed by atoms with Crippen molar-refractivity contribution in [3.8, 4) is 0 Å². The summed E-state index contributed by atoms with van der Waals surface area (Å²) in [6.07, 6.45) is 2.48. The van der Waals surface area contributed by atoms with Crippen LogP contribution >= 0.6 is 0 Å². The van der Waals surface area contributed by atoms with Gasteiger partial charge in [-0.15, -0.1) is 0 Å². The fourth-order valence-corrected chi connectivity index (χ4v) is 3.74. The van der Waals surface area contributed by atoms with Gasteiger partial charge < -0.3 is 10.1 Å². The van der Waals surface area contributed by atoms with E-state index in [-0.39, 0.29) is 11.7 Å². The molecule has 1 aromatic carbocycles. The van der Waals surface area contributed by atoms with E-state index in [1.54, 1.807) is 0 Å². The molecule has 2 fully saturated rings. The quantitative estimate of drug-likeness (QED) is 0.925. The third-order valence-corrected chi connectivity index (χ3v) is 4.64. The highest BCUT2D eigenvalue weighted by Gasteiger charge is 2.41. The Morgan fingerprint density at radius 1 is 1.24 bits per heavy atom. The van der Waals surface area contributed by atoms with Crippen LogP contribution in [0.3, 0.4) is 0 Å². The number of hydrogen-bond acceptors (Lipinski definition) is 3. The monoisotopic (exact) mass is 288 g/mol. The van der Waals surface area contributed by atoms with Crippen LogP contribution in [0.4, 0.5) is 0 Å². The Morgan fingerprint density at radius 3 is 2.62 bits per heavy atom. The lowest BCUT2D eigenvalue weighted by Crippen LogP contribution is -2.57. The van der Waals surface area contributed by atoms with Crippen LogP contribution in [-0.4, -0.2) is 43.2 Å². The van der Waals surface area contributed by atoms with Gasteiger partial charge >= 0.3 is 0 Å². The van der Waals surface area contributed by atoms with Gasteiger partial charge in [0.05, 0.1) is 11.7 Å². The average molecular weight is 288 g/mol. The maximum absolute atomic E-state index is 6.63. The average Bonchev–Trinajstić information content (AvgIpc) is 2.48. The summed E-state index contributed by atoms with van der Waals surface area (Å²) in [5.74, 6) is 0.707. The zero-order valence-electron chi connectivity index (χ0n) is 13.3. The number of rotatable bonds is 3. The summed E-state index contributed by atoms with van der Waals surface area (Å²) in [5, 5.41) is 3.47. The summed E-state index contributed by atoms with van der Waals surface area (Å²) in [6, 6.07) is 10.7. The van der Waals surface area contributed by atoms with Gasteiger partial charge in [-0.25, -0.2) is 0 Å². The van der Waals surface area contributed by atoms with E-state index in [1.807, 2.05) is 0 Å². The van der Waals surface area contributed by atoms with Gasteiger partial charge in [0.1, 0.15) is 0 Å². The first-order valence-corrected chi connectivity index (χ1v) is 8.33. The molecular weight excluding hydrogens is 260 g/mol. The van der Waals surface area contributed by atoms with Gasteiger partial charge in [-0.05, 0) is 37.4 Å². The van der Waals surface area contributed by atoms with Crippen LogP contribution in [0.15, 0.2) is 30.3 Å². The minimum Gasteiger partial charge on any atom is -0.364 e. The second-order valence-electron chi connectivity index (χ2n) is 7.04. The van der Waals surface area contributed by atoms with E-state index in [0.717, 1.165) is 39.0 Å². The molecule has 0 bridgehead atoms. The van der Waals surface area contributed by atoms with Crippen LogP contribution in [0.25, 0.3) is 0 Å². The molecule has 0 saturated carbocycles. The first kappa shape index (κ1) is 15.0. The zero-order chi connectivity index (χ0) is 14.7. The molecule has 1 unspecified atom stereocenters. The highest BCUT2D eigenvalue weighted by atomic mass is 16.5. The number of hydrogen-bond donors (Lipinski definition) is 1. The van der Waals surface area contributed by atoms with Gasteiger partial charge in [0.15, 0.2) is 0 Å². The Morgan fingerprint density at radius 2 is 1.95 bits per heavy atom. The summed E-state index contributed by atoms with van der Waals surface area (Å²) in [5.41, 5.74) is 1.38. The molecule has 3 rings (SSSR count). The van der Waals surface area contributed by atoms with Crippen LogP contribution in [0.1, 0.15) is 38.4 Å². The molecule has 0 aromatic heterocycles. The van der Waals surface area contributed by atoms with Gasteiger partial charge in [-0.2, -0.15) is 0 Å². The lowest BCUT2D eigenvalue weighted by molar-refractivity contribution is -0.170. The predicted octanol–water partition coefficient (Wildman–Crippen LogP) is 2.84. The minimum atomic E-state index is 0.0545. The molecule has 2 aliphatic heterocycles. The van der Waals surface area contributed by atoms with E-state index < -0.39 is 0 Å². The van der Waals surface area contributed by atoms with Gasteiger partial charge in [-0.3, -0.25) is 4.90 Å². The van der Waals surface area contributed by atoms with Gasteiger partial charge in [0.2, 0.25) is 0 Å². The van der Waals surface area contributed by atoms with E-state index in [0.29, 0.717) is 5.92 Å². The molecule has 2 saturated heterocycles. The van der Waals surface area contributed by atoms with E-state index >= 15 is 0 Å². The third kappa shape index (κ3) is 3.65. The van der Waals surface area contributed by atoms with E-state index in [4.69, 9.17) is 4.74 Å². The molecule has 21 heavy (non-hydrogen) atoms. The molecule has 0 radical (unpaired) electrons. The Labute approximate surface area is 128 Å². The van der Waals surface area contributed by atoms with Crippen LogP contribution in [-0.2, 0) is 4.74 Å². The Kier molecular flexibility index (Phi) is 4.63. The topological polar surface area (TPSA) is 24.5 Å². The highest BCUT2D eigenvalue weighted by Crippen LogP contribution is 2.36. The summed E-state index contributed by atoms with van der Waals surface area (Å²) in [6.45, 7) is 10.1. The first-order chi connectivity index (χ1) is 10.2. The number of benzene rings is 1. The van der Waals surface area contributed by atoms with Crippen molar-refractivity contribution in [1.29, 1.82) is 0 Å². The molecule has 3 nitrogen and oxygen atoms in total. The van der Waals surface area contributed by atoms with E-state index in [2.05, 4.69) is 54.4 Å². The SMILES string of the molecule is CC(C)CN1CC(c2ccccc2)OC2(CCNCC2)C1. The van der Waals surface area contributed by atoms with Crippen LogP contribution in [0.2, 0.25) is 0 Å². The summed E-state index contributed by atoms with van der Waals surface area (Å²) < 4.78 is 6.63. The number of ether oxygens (including phenoxy) is 1. The van der Waals surface area contributed by atoms with Gasteiger partial charge in [0.25, 0.3) is 0 Å². The molecule has 2 aliphatic rings. The van der Waals surface area contributed by atoms with Crippen molar-refractivity contribution in [2.45, 2.75) is 38.4 Å². The standard InChI is InChI=1S/C18H28N2O/c1-15(2)12-20-13-17(16-6-4-3-5-7-16)21-18(14-20)8-10-19-11-9-18/h3-7,15,17,19H,8-14H2,1-2H3. The fourth-order valence-electron chi connectivity index (χ4n) is 3.74. The largest absolute Gasteiger partial charge is 0.364 e. The lowest BCUT2D eigenvalue weighted by atomic mass is 9.88. The van der Waals surface area contributed by atoms with Crippen molar-refractivity contribution in [3.63, 3.8) is 0 Å². The van der Waals surface area contributed by atoms with E-state index in [9.17, 15) is 0 Å². The first-order valence-electron chi connectivity index (χ1n) is 8.33. The minimum absolute atomic E-state index is 0.0545. The third-order valence-electron chi connectivity index (χ3n) is 4.64.